The lowest BCUT2D eigenvalue weighted by Crippen LogP contribution is -2.08. The number of hydrogen-bond donors (Lipinski definition) is 1. The number of aldehydes is 1. The predicted molar refractivity (Wildman–Crippen MR) is 46.9 cm³/mol. The molecule has 4 nitrogen and oxygen atoms in total. The Morgan fingerprint density at radius 2 is 2.38 bits per heavy atom. The van der Waals surface area contributed by atoms with Crippen LogP contribution in [0.1, 0.15) is 10.4 Å². The summed E-state index contributed by atoms with van der Waals surface area (Å²) in [7, 11) is 0. The first-order valence-electron chi connectivity index (χ1n) is 3.55. The van der Waals surface area contributed by atoms with Crippen LogP contribution in [-0.2, 0) is 0 Å². The molecule has 0 aliphatic heterocycles. The average molecular weight is 204 g/mol. The molecule has 0 aliphatic carbocycles. The van der Waals surface area contributed by atoms with Crippen LogP contribution in [-0.4, -0.2) is 29.5 Å². The predicted octanol–water partition coefficient (Wildman–Crippen LogP) is 1.32. The van der Waals surface area contributed by atoms with Gasteiger partial charge in [-0.25, -0.2) is 14.4 Å². The number of alkyl halides is 1. The molecular weight excluding hydrogens is 197 g/mol. The first kappa shape index (κ1) is 9.85. The molecule has 0 saturated carbocycles. The van der Waals surface area contributed by atoms with Crippen molar-refractivity contribution in [2.45, 2.75) is 0 Å². The van der Waals surface area contributed by atoms with E-state index in [0.717, 1.165) is 0 Å². The van der Waals surface area contributed by atoms with Crippen LogP contribution in [0.2, 0.25) is 5.15 Å². The smallest absolute Gasteiger partial charge is 0.156 e. The number of rotatable bonds is 4. The van der Waals surface area contributed by atoms with Crippen molar-refractivity contribution in [1.82, 2.24) is 9.97 Å². The van der Waals surface area contributed by atoms with Crippen molar-refractivity contribution in [2.75, 3.05) is 18.5 Å². The molecule has 0 fully saturated rings. The fraction of sp³-hybridized carbons (Fsp3) is 0.286. The molecular formula is C7H7ClFN3O. The molecule has 0 radical (unpaired) electrons. The summed E-state index contributed by atoms with van der Waals surface area (Å²) >= 11 is 5.59. The highest BCUT2D eigenvalue weighted by atomic mass is 35.5. The maximum atomic E-state index is 11.8. The fourth-order valence-electron chi connectivity index (χ4n) is 0.785. The number of nitrogens with zero attached hydrogens (tertiary/aromatic N) is 2. The largest absolute Gasteiger partial charge is 0.367 e. The first-order chi connectivity index (χ1) is 6.29. The van der Waals surface area contributed by atoms with Crippen LogP contribution in [0.25, 0.3) is 0 Å². The highest BCUT2D eigenvalue weighted by molar-refractivity contribution is 6.32. The second-order valence-electron chi connectivity index (χ2n) is 2.16. The fourth-order valence-corrected chi connectivity index (χ4v) is 0.963. The summed E-state index contributed by atoms with van der Waals surface area (Å²) in [6.45, 7) is -0.450. The van der Waals surface area contributed by atoms with E-state index in [4.69, 9.17) is 11.6 Å². The Morgan fingerprint density at radius 3 is 3.00 bits per heavy atom. The first-order valence-corrected chi connectivity index (χ1v) is 3.93. The zero-order valence-corrected chi connectivity index (χ0v) is 7.38. The van der Waals surface area contributed by atoms with Gasteiger partial charge < -0.3 is 5.32 Å². The topological polar surface area (TPSA) is 54.9 Å². The van der Waals surface area contributed by atoms with Gasteiger partial charge in [-0.3, -0.25) is 4.79 Å². The molecule has 0 bridgehead atoms. The maximum Gasteiger partial charge on any atom is 0.156 e. The SMILES string of the molecule is O=Cc1c(Cl)ncnc1NCCF. The Balaban J connectivity index is 2.91. The van der Waals surface area contributed by atoms with E-state index in [-0.39, 0.29) is 23.1 Å². The van der Waals surface area contributed by atoms with Gasteiger partial charge in [-0.05, 0) is 0 Å². The van der Waals surface area contributed by atoms with E-state index in [0.29, 0.717) is 6.29 Å². The Hall–Kier alpha value is -1.23. The van der Waals surface area contributed by atoms with Gasteiger partial charge in [0.2, 0.25) is 0 Å². The van der Waals surface area contributed by atoms with Gasteiger partial charge in [0.25, 0.3) is 0 Å². The summed E-state index contributed by atoms with van der Waals surface area (Å²) in [5.41, 5.74) is 0.151. The van der Waals surface area contributed by atoms with Crippen LogP contribution < -0.4 is 5.32 Å². The van der Waals surface area contributed by atoms with Gasteiger partial charge in [0, 0.05) is 6.54 Å². The minimum absolute atomic E-state index is 0.0614. The van der Waals surface area contributed by atoms with Gasteiger partial charge in [0.1, 0.15) is 24.0 Å². The lowest BCUT2D eigenvalue weighted by atomic mass is 10.3. The molecule has 0 saturated heterocycles. The minimum Gasteiger partial charge on any atom is -0.367 e. The molecule has 0 atom stereocenters. The zero-order valence-electron chi connectivity index (χ0n) is 6.63. The van der Waals surface area contributed by atoms with Crippen molar-refractivity contribution in [2.24, 2.45) is 0 Å². The molecule has 1 aromatic heterocycles. The van der Waals surface area contributed by atoms with Crippen LogP contribution in [0.15, 0.2) is 6.33 Å². The van der Waals surface area contributed by atoms with Crippen LogP contribution in [0, 0.1) is 0 Å². The minimum atomic E-state index is -0.542. The molecule has 0 aliphatic rings. The molecule has 1 N–H and O–H groups in total. The van der Waals surface area contributed by atoms with E-state index in [2.05, 4.69) is 15.3 Å². The Kier molecular flexibility index (Phi) is 3.57. The number of hydrogen-bond acceptors (Lipinski definition) is 4. The number of anilines is 1. The highest BCUT2D eigenvalue weighted by Gasteiger charge is 2.07. The Bertz CT molecular complexity index is 308. The quantitative estimate of drug-likeness (QED) is 0.593. The lowest BCUT2D eigenvalue weighted by molar-refractivity contribution is 0.112. The van der Waals surface area contributed by atoms with Gasteiger partial charge in [-0.15, -0.1) is 0 Å². The molecule has 70 valence electrons. The second-order valence-corrected chi connectivity index (χ2v) is 2.52. The van der Waals surface area contributed by atoms with E-state index in [9.17, 15) is 9.18 Å². The molecule has 1 aromatic rings. The second kappa shape index (κ2) is 4.71. The summed E-state index contributed by atoms with van der Waals surface area (Å²) in [4.78, 5) is 17.9. The van der Waals surface area contributed by atoms with Gasteiger partial charge >= 0.3 is 0 Å². The van der Waals surface area contributed by atoms with Crippen molar-refractivity contribution < 1.29 is 9.18 Å². The van der Waals surface area contributed by atoms with Crippen molar-refractivity contribution >= 4 is 23.7 Å². The average Bonchev–Trinajstić information content (AvgIpc) is 2.15. The van der Waals surface area contributed by atoms with Crippen LogP contribution in [0.5, 0.6) is 0 Å². The number of halogens is 2. The van der Waals surface area contributed by atoms with Gasteiger partial charge in [0.15, 0.2) is 6.29 Å². The summed E-state index contributed by atoms with van der Waals surface area (Å²) in [5.74, 6) is 0.257. The summed E-state index contributed by atoms with van der Waals surface area (Å²) in [6.07, 6.45) is 1.73. The molecule has 0 spiro atoms. The molecule has 6 heteroatoms. The van der Waals surface area contributed by atoms with E-state index in [1.54, 1.807) is 0 Å². The van der Waals surface area contributed by atoms with E-state index < -0.39 is 6.67 Å². The van der Waals surface area contributed by atoms with Crippen LogP contribution in [0.4, 0.5) is 10.2 Å². The monoisotopic (exact) mass is 203 g/mol. The maximum absolute atomic E-state index is 11.8. The normalized spacial score (nSPS) is 9.69. The molecule has 1 rings (SSSR count). The number of nitrogens with one attached hydrogen (secondary N) is 1. The number of carbonyl (C=O) groups excluding carboxylic acids is 1. The molecule has 0 amide bonds. The van der Waals surface area contributed by atoms with Crippen molar-refractivity contribution in [1.29, 1.82) is 0 Å². The molecule has 13 heavy (non-hydrogen) atoms. The third-order valence-corrected chi connectivity index (χ3v) is 1.64. The van der Waals surface area contributed by atoms with Crippen molar-refractivity contribution in [3.8, 4) is 0 Å². The third kappa shape index (κ3) is 2.35. The number of aromatic nitrogens is 2. The van der Waals surface area contributed by atoms with Crippen LogP contribution >= 0.6 is 11.6 Å². The van der Waals surface area contributed by atoms with Crippen molar-refractivity contribution in [3.63, 3.8) is 0 Å². The summed E-state index contributed by atoms with van der Waals surface area (Å²) in [6, 6.07) is 0. The van der Waals surface area contributed by atoms with Gasteiger partial charge in [-0.1, -0.05) is 11.6 Å². The molecule has 0 aromatic carbocycles. The summed E-state index contributed by atoms with van der Waals surface area (Å²) in [5, 5.41) is 2.67. The third-order valence-electron chi connectivity index (χ3n) is 1.34. The molecule has 1 heterocycles. The molecule has 0 unspecified atom stereocenters. The lowest BCUT2D eigenvalue weighted by Gasteiger charge is -2.04. The highest BCUT2D eigenvalue weighted by Crippen LogP contribution is 2.16. The summed E-state index contributed by atoms with van der Waals surface area (Å²) < 4.78 is 11.8. The van der Waals surface area contributed by atoms with Crippen LogP contribution in [0.3, 0.4) is 0 Å². The Labute approximate surface area is 79.1 Å². The standard InChI is InChI=1S/C7H7ClFN3O/c8-6-5(3-13)7(10-2-1-9)12-4-11-6/h3-4H,1-2H2,(H,10,11,12). The van der Waals surface area contributed by atoms with Gasteiger partial charge in [0.05, 0.1) is 5.56 Å². The van der Waals surface area contributed by atoms with E-state index in [1.807, 2.05) is 0 Å². The van der Waals surface area contributed by atoms with Crippen molar-refractivity contribution in [3.05, 3.63) is 17.0 Å². The number of carbonyl (C=O) groups is 1. The zero-order chi connectivity index (χ0) is 9.68. The van der Waals surface area contributed by atoms with E-state index in [1.165, 1.54) is 6.33 Å². The van der Waals surface area contributed by atoms with E-state index >= 15 is 0 Å². The van der Waals surface area contributed by atoms with Gasteiger partial charge in [-0.2, -0.15) is 0 Å². The Morgan fingerprint density at radius 1 is 1.62 bits per heavy atom.